The van der Waals surface area contributed by atoms with Gasteiger partial charge in [-0.1, -0.05) is 12.6 Å². The second kappa shape index (κ2) is 10.2. The van der Waals surface area contributed by atoms with Gasteiger partial charge in [0, 0.05) is 11.1 Å². The average Bonchev–Trinajstić information content (AvgIpc) is 2.75. The van der Waals surface area contributed by atoms with Gasteiger partial charge >= 0.3 is 55.0 Å². The van der Waals surface area contributed by atoms with Crippen LogP contribution in [0.15, 0.2) is 24.3 Å². The molecule has 0 aliphatic heterocycles. The van der Waals surface area contributed by atoms with E-state index in [0.29, 0.717) is 6.92 Å². The molecule has 0 spiro atoms. The van der Waals surface area contributed by atoms with E-state index in [1.807, 2.05) is 0 Å². The van der Waals surface area contributed by atoms with Crippen LogP contribution in [-0.4, -0.2) is 59.1 Å². The standard InChI is InChI=1S/C18H10BF18NO3/c1-5(2)10(39)38-8-4-6(19(40)41)3-7(11(20,21)13(24,25)15(28,29)17(32,33)34)9(8)12(22,23)14(26,27)16(30,31)18(35,36)37/h3-4,40-41H,1H2,2H3,(H,38,39). The van der Waals surface area contributed by atoms with Gasteiger partial charge in [-0.05, 0) is 18.5 Å². The van der Waals surface area contributed by atoms with Gasteiger partial charge in [-0.2, -0.15) is 79.0 Å². The molecule has 0 radical (unpaired) electrons. The highest BCUT2D eigenvalue weighted by molar-refractivity contribution is 6.58. The van der Waals surface area contributed by atoms with E-state index in [9.17, 15) is 83.8 Å². The first-order valence-electron chi connectivity index (χ1n) is 9.67. The largest absolute Gasteiger partial charge is 0.488 e. The van der Waals surface area contributed by atoms with E-state index in [0.717, 1.165) is 5.32 Å². The molecule has 3 N–H and O–H groups in total. The zero-order valence-electron chi connectivity index (χ0n) is 19.0. The molecule has 1 rings (SSSR count). The summed E-state index contributed by atoms with van der Waals surface area (Å²) in [5.74, 6) is -49.3. The van der Waals surface area contributed by atoms with Gasteiger partial charge in [0.2, 0.25) is 0 Å². The fraction of sp³-hybridized carbons (Fsp3) is 0.500. The highest BCUT2D eigenvalue weighted by Crippen LogP contribution is 2.62. The maximum absolute atomic E-state index is 14.9. The Bertz CT molecular complexity index is 1190. The molecule has 23 heteroatoms. The Morgan fingerprint density at radius 1 is 0.683 bits per heavy atom. The Balaban J connectivity index is 4.52. The van der Waals surface area contributed by atoms with Gasteiger partial charge in [0.05, 0.1) is 11.3 Å². The van der Waals surface area contributed by atoms with E-state index in [4.69, 9.17) is 10.0 Å². The van der Waals surface area contributed by atoms with Crippen molar-refractivity contribution in [3.8, 4) is 0 Å². The van der Waals surface area contributed by atoms with Crippen LogP contribution in [0.3, 0.4) is 0 Å². The summed E-state index contributed by atoms with van der Waals surface area (Å²) < 4.78 is 245. The van der Waals surface area contributed by atoms with Crippen molar-refractivity contribution in [1.82, 2.24) is 0 Å². The average molecular weight is 641 g/mol. The van der Waals surface area contributed by atoms with E-state index in [-0.39, 0.29) is 0 Å². The fourth-order valence-corrected chi connectivity index (χ4v) is 2.80. The minimum atomic E-state index is -8.05. The summed E-state index contributed by atoms with van der Waals surface area (Å²) >= 11 is 0. The molecule has 0 saturated carbocycles. The lowest BCUT2D eigenvalue weighted by Crippen LogP contribution is -2.62. The molecule has 0 saturated heterocycles. The normalized spacial score (nSPS) is 14.7. The van der Waals surface area contributed by atoms with Crippen molar-refractivity contribution in [3.63, 3.8) is 0 Å². The van der Waals surface area contributed by atoms with Crippen molar-refractivity contribution in [3.05, 3.63) is 35.4 Å². The predicted octanol–water partition coefficient (Wildman–Crippen LogP) is 5.73. The monoisotopic (exact) mass is 641 g/mol. The number of hydrogen-bond donors (Lipinski definition) is 3. The molecule has 1 aromatic carbocycles. The second-order valence-corrected chi connectivity index (χ2v) is 8.04. The third kappa shape index (κ3) is 5.53. The summed E-state index contributed by atoms with van der Waals surface area (Å²) in [6, 6.07) is -1.89. The summed E-state index contributed by atoms with van der Waals surface area (Å²) in [7, 11) is -3.43. The maximum atomic E-state index is 14.9. The highest BCUT2D eigenvalue weighted by atomic mass is 19.4. The molecule has 0 atom stereocenters. The highest BCUT2D eigenvalue weighted by Gasteiger charge is 2.85. The van der Waals surface area contributed by atoms with Crippen LogP contribution in [0.4, 0.5) is 84.7 Å². The summed E-state index contributed by atoms with van der Waals surface area (Å²) in [6.45, 7) is 3.38. The van der Waals surface area contributed by atoms with Crippen LogP contribution in [0.25, 0.3) is 0 Å². The second-order valence-electron chi connectivity index (χ2n) is 8.04. The quantitative estimate of drug-likeness (QED) is 0.184. The van der Waals surface area contributed by atoms with Gasteiger partial charge in [0.1, 0.15) is 0 Å². The van der Waals surface area contributed by atoms with Gasteiger partial charge < -0.3 is 15.4 Å². The molecule has 0 aliphatic rings. The summed E-state index contributed by atoms with van der Waals surface area (Å²) in [5, 5.41) is 19.1. The molecule has 41 heavy (non-hydrogen) atoms. The molecule has 0 unspecified atom stereocenters. The number of anilines is 1. The number of nitrogens with one attached hydrogen (secondary N) is 1. The molecule has 4 nitrogen and oxygen atoms in total. The summed E-state index contributed by atoms with van der Waals surface area (Å²) in [6.07, 6.45) is -15.4. The Kier molecular flexibility index (Phi) is 8.96. The number of benzene rings is 1. The van der Waals surface area contributed by atoms with E-state index < -0.39 is 101 Å². The SMILES string of the molecule is C=C(C)C(=O)Nc1cc(B(O)O)cc(C(F)(F)C(F)(F)C(F)(F)C(F)(F)F)c1C(F)(F)C(F)(F)C(F)(F)C(F)(F)F. The van der Waals surface area contributed by atoms with Crippen LogP contribution in [-0.2, 0) is 16.6 Å². The molecule has 0 aliphatic carbocycles. The van der Waals surface area contributed by atoms with E-state index in [2.05, 4.69) is 6.58 Å². The lowest BCUT2D eigenvalue weighted by atomic mass is 9.75. The van der Waals surface area contributed by atoms with E-state index >= 15 is 0 Å². The predicted molar refractivity (Wildman–Crippen MR) is 99.4 cm³/mol. The molecule has 1 amide bonds. The summed E-state index contributed by atoms with van der Waals surface area (Å²) in [5.41, 5.74) is -13.5. The number of hydrogen-bond acceptors (Lipinski definition) is 3. The summed E-state index contributed by atoms with van der Waals surface area (Å²) in [4.78, 5) is 11.8. The minimum absolute atomic E-state index is 0.587. The Morgan fingerprint density at radius 2 is 1.05 bits per heavy atom. The van der Waals surface area contributed by atoms with Crippen molar-refractivity contribution >= 4 is 24.2 Å². The molecular weight excluding hydrogens is 631 g/mol. The van der Waals surface area contributed by atoms with Crippen molar-refractivity contribution in [1.29, 1.82) is 0 Å². The maximum Gasteiger partial charge on any atom is 0.488 e. The zero-order chi connectivity index (χ0) is 33.2. The Hall–Kier alpha value is -2.85. The number of rotatable bonds is 9. The van der Waals surface area contributed by atoms with Gasteiger partial charge in [-0.25, -0.2) is 0 Å². The molecule has 0 bridgehead atoms. The van der Waals surface area contributed by atoms with Crippen LogP contribution in [0.5, 0.6) is 0 Å². The molecule has 1 aromatic rings. The molecule has 0 fully saturated rings. The number of carbonyl (C=O) groups is 1. The van der Waals surface area contributed by atoms with Crippen molar-refractivity contribution in [2.45, 2.75) is 54.8 Å². The first-order valence-corrected chi connectivity index (χ1v) is 9.67. The third-order valence-electron chi connectivity index (χ3n) is 5.04. The fourth-order valence-electron chi connectivity index (χ4n) is 2.80. The van der Waals surface area contributed by atoms with Crippen LogP contribution in [0.1, 0.15) is 18.1 Å². The first-order chi connectivity index (χ1) is 17.7. The molecular formula is C18H10BF18NO3. The lowest BCUT2D eigenvalue weighted by molar-refractivity contribution is -0.404. The topological polar surface area (TPSA) is 69.6 Å². The first kappa shape index (κ1) is 36.2. The molecule has 0 aromatic heterocycles. The van der Waals surface area contributed by atoms with Crippen molar-refractivity contribution in [2.75, 3.05) is 5.32 Å². The molecule has 234 valence electrons. The van der Waals surface area contributed by atoms with Gasteiger partial charge in [-0.15, -0.1) is 0 Å². The van der Waals surface area contributed by atoms with Crippen molar-refractivity contribution in [2.24, 2.45) is 0 Å². The van der Waals surface area contributed by atoms with E-state index in [1.165, 1.54) is 0 Å². The van der Waals surface area contributed by atoms with Crippen LogP contribution < -0.4 is 10.8 Å². The third-order valence-corrected chi connectivity index (χ3v) is 5.04. The van der Waals surface area contributed by atoms with Gasteiger partial charge in [0.25, 0.3) is 5.91 Å². The number of halogens is 18. The van der Waals surface area contributed by atoms with Gasteiger partial charge in [-0.3, -0.25) is 4.79 Å². The van der Waals surface area contributed by atoms with E-state index in [1.54, 1.807) is 0 Å². The van der Waals surface area contributed by atoms with Crippen LogP contribution in [0, 0.1) is 0 Å². The smallest absolute Gasteiger partial charge is 0.423 e. The number of amides is 1. The van der Waals surface area contributed by atoms with Crippen LogP contribution >= 0.6 is 0 Å². The van der Waals surface area contributed by atoms with Crippen molar-refractivity contribution < 1.29 is 93.9 Å². The number of carbonyl (C=O) groups excluding carboxylic acids is 1. The number of alkyl halides is 18. The van der Waals surface area contributed by atoms with Gasteiger partial charge in [0.15, 0.2) is 0 Å². The van der Waals surface area contributed by atoms with Crippen LogP contribution in [0.2, 0.25) is 0 Å². The Morgan fingerprint density at radius 3 is 1.37 bits per heavy atom. The Labute approximate surface area is 214 Å². The molecule has 0 heterocycles. The zero-order valence-corrected chi connectivity index (χ0v) is 19.0. The lowest BCUT2D eigenvalue weighted by Gasteiger charge is -2.38. The minimum Gasteiger partial charge on any atom is -0.423 e.